The van der Waals surface area contributed by atoms with Crippen LogP contribution in [0.1, 0.15) is 22.3 Å². The van der Waals surface area contributed by atoms with Crippen molar-refractivity contribution in [2.24, 2.45) is 0 Å². The minimum atomic E-state index is -4.84. The molecule has 0 radical (unpaired) electrons. The Labute approximate surface area is 127 Å². The van der Waals surface area contributed by atoms with E-state index in [4.69, 9.17) is 4.74 Å². The highest BCUT2D eigenvalue weighted by molar-refractivity contribution is 6.05. The molecular formula is C14H11F4N3O2. The maximum atomic E-state index is 13.2. The molecule has 9 heteroatoms. The highest BCUT2D eigenvalue weighted by atomic mass is 19.4. The summed E-state index contributed by atoms with van der Waals surface area (Å²) in [5, 5.41) is 6.28. The van der Waals surface area contributed by atoms with Crippen LogP contribution in [0.15, 0.2) is 24.4 Å². The first kappa shape index (κ1) is 15.3. The third-order valence-electron chi connectivity index (χ3n) is 3.32. The highest BCUT2D eigenvalue weighted by Crippen LogP contribution is 2.33. The second kappa shape index (κ2) is 5.56. The number of rotatable bonds is 2. The molecule has 0 fully saturated rings. The number of carbonyl (C=O) groups is 1. The fraction of sp³-hybridized carbons (Fsp3) is 0.286. The summed E-state index contributed by atoms with van der Waals surface area (Å²) in [5.41, 5.74) is -1.49. The Balaban J connectivity index is 1.85. The molecule has 1 N–H and O–H groups in total. The van der Waals surface area contributed by atoms with Crippen molar-refractivity contribution in [2.45, 2.75) is 19.1 Å². The van der Waals surface area contributed by atoms with Crippen molar-refractivity contribution in [1.29, 1.82) is 0 Å². The number of anilines is 1. The average Bonchev–Trinajstić information content (AvgIpc) is 2.92. The monoisotopic (exact) mass is 329 g/mol. The molecule has 3 rings (SSSR count). The Bertz CT molecular complexity index is 755. The van der Waals surface area contributed by atoms with E-state index in [2.05, 4.69) is 10.4 Å². The first-order chi connectivity index (χ1) is 10.9. The number of hydrogen-bond donors (Lipinski definition) is 1. The zero-order chi connectivity index (χ0) is 16.6. The number of nitrogens with zero attached hydrogens (tertiary/aromatic N) is 2. The summed E-state index contributed by atoms with van der Waals surface area (Å²) in [7, 11) is 0. The van der Waals surface area contributed by atoms with Crippen molar-refractivity contribution < 1.29 is 27.1 Å². The first-order valence-corrected chi connectivity index (χ1v) is 6.73. The van der Waals surface area contributed by atoms with E-state index in [1.54, 1.807) is 0 Å². The summed E-state index contributed by atoms with van der Waals surface area (Å²) in [6.07, 6.45) is -2.81. The van der Waals surface area contributed by atoms with Crippen LogP contribution in [0.3, 0.4) is 0 Å². The SMILES string of the molecule is O=C(Nc1ccc(F)c(C(F)(F)F)c1)c1cnn2c1OCCC2. The zero-order valence-electron chi connectivity index (χ0n) is 11.7. The number of nitrogens with one attached hydrogen (secondary N) is 1. The summed E-state index contributed by atoms with van der Waals surface area (Å²) < 4.78 is 58.1. The third kappa shape index (κ3) is 2.99. The molecule has 2 aromatic rings. The molecule has 0 bridgehead atoms. The van der Waals surface area contributed by atoms with Gasteiger partial charge in [-0.2, -0.15) is 18.3 Å². The van der Waals surface area contributed by atoms with Gasteiger partial charge in [-0.1, -0.05) is 0 Å². The molecule has 0 saturated heterocycles. The zero-order valence-corrected chi connectivity index (χ0v) is 11.7. The molecule has 23 heavy (non-hydrogen) atoms. The van der Waals surface area contributed by atoms with Gasteiger partial charge in [0.15, 0.2) is 0 Å². The first-order valence-electron chi connectivity index (χ1n) is 6.73. The molecule has 1 aromatic heterocycles. The molecule has 1 aliphatic rings. The number of carbonyl (C=O) groups excluding carboxylic acids is 1. The van der Waals surface area contributed by atoms with E-state index in [9.17, 15) is 22.4 Å². The van der Waals surface area contributed by atoms with Crippen LogP contribution >= 0.6 is 0 Å². The summed E-state index contributed by atoms with van der Waals surface area (Å²) >= 11 is 0. The van der Waals surface area contributed by atoms with Crippen molar-refractivity contribution in [1.82, 2.24) is 9.78 Å². The summed E-state index contributed by atoms with van der Waals surface area (Å²) in [4.78, 5) is 12.2. The quantitative estimate of drug-likeness (QED) is 0.862. The molecule has 0 atom stereocenters. The van der Waals surface area contributed by atoms with Crippen LogP contribution in [0.25, 0.3) is 0 Å². The number of hydrogen-bond acceptors (Lipinski definition) is 3. The number of fused-ring (bicyclic) bond motifs is 1. The fourth-order valence-corrected chi connectivity index (χ4v) is 2.24. The van der Waals surface area contributed by atoms with Crippen LogP contribution in [-0.2, 0) is 12.7 Å². The van der Waals surface area contributed by atoms with Crippen LogP contribution in [0.2, 0.25) is 0 Å². The van der Waals surface area contributed by atoms with Crippen molar-refractivity contribution in [2.75, 3.05) is 11.9 Å². The van der Waals surface area contributed by atoms with Crippen LogP contribution in [0.5, 0.6) is 5.88 Å². The third-order valence-corrected chi connectivity index (χ3v) is 3.32. The van der Waals surface area contributed by atoms with Crippen LogP contribution in [0, 0.1) is 5.82 Å². The molecule has 1 aromatic carbocycles. The van der Waals surface area contributed by atoms with Gasteiger partial charge in [0, 0.05) is 18.7 Å². The van der Waals surface area contributed by atoms with Crippen LogP contribution < -0.4 is 10.1 Å². The summed E-state index contributed by atoms with van der Waals surface area (Å²) in [5.74, 6) is -1.80. The number of ether oxygens (including phenoxy) is 1. The standard InChI is InChI=1S/C14H11F4N3O2/c15-11-3-2-8(6-10(11)14(16,17)18)20-12(22)9-7-19-21-4-1-5-23-13(9)21/h2-3,6-7H,1,4-5H2,(H,20,22). The smallest absolute Gasteiger partial charge is 0.419 e. The average molecular weight is 329 g/mol. The molecule has 5 nitrogen and oxygen atoms in total. The molecule has 0 saturated carbocycles. The van der Waals surface area contributed by atoms with Crippen molar-refractivity contribution in [3.63, 3.8) is 0 Å². The lowest BCUT2D eigenvalue weighted by atomic mass is 10.1. The Morgan fingerprint density at radius 2 is 2.13 bits per heavy atom. The molecule has 0 aliphatic carbocycles. The van der Waals surface area contributed by atoms with Gasteiger partial charge in [0.25, 0.3) is 5.91 Å². The lowest BCUT2D eigenvalue weighted by Crippen LogP contribution is -2.19. The van der Waals surface area contributed by atoms with Gasteiger partial charge in [-0.05, 0) is 18.2 Å². The Morgan fingerprint density at radius 3 is 2.87 bits per heavy atom. The number of aryl methyl sites for hydroxylation is 1. The maximum Gasteiger partial charge on any atom is 0.419 e. The maximum absolute atomic E-state index is 13.2. The van der Waals surface area contributed by atoms with Crippen molar-refractivity contribution >= 4 is 11.6 Å². The Hall–Kier alpha value is -2.58. The Kier molecular flexibility index (Phi) is 3.70. The minimum absolute atomic E-state index is 0.114. The lowest BCUT2D eigenvalue weighted by Gasteiger charge is -2.16. The number of benzene rings is 1. The van der Waals surface area contributed by atoms with Crippen LogP contribution in [0.4, 0.5) is 23.2 Å². The summed E-state index contributed by atoms with van der Waals surface area (Å²) in [6.45, 7) is 1.03. The molecule has 2 heterocycles. The van der Waals surface area contributed by atoms with Crippen molar-refractivity contribution in [3.8, 4) is 5.88 Å². The summed E-state index contributed by atoms with van der Waals surface area (Å²) in [6, 6.07) is 2.26. The van der Waals surface area contributed by atoms with Gasteiger partial charge in [-0.15, -0.1) is 0 Å². The minimum Gasteiger partial charge on any atom is -0.477 e. The van der Waals surface area contributed by atoms with Gasteiger partial charge in [-0.25, -0.2) is 9.07 Å². The van der Waals surface area contributed by atoms with Gasteiger partial charge in [0.1, 0.15) is 11.4 Å². The predicted octanol–water partition coefficient (Wildman–Crippen LogP) is 3.08. The van der Waals surface area contributed by atoms with Gasteiger partial charge < -0.3 is 10.1 Å². The van der Waals surface area contributed by atoms with E-state index in [0.717, 1.165) is 12.5 Å². The molecule has 122 valence electrons. The van der Waals surface area contributed by atoms with E-state index in [1.165, 1.54) is 10.9 Å². The van der Waals surface area contributed by atoms with E-state index >= 15 is 0 Å². The van der Waals surface area contributed by atoms with Gasteiger partial charge in [0.05, 0.1) is 18.4 Å². The fourth-order valence-electron chi connectivity index (χ4n) is 2.24. The predicted molar refractivity (Wildman–Crippen MR) is 71.7 cm³/mol. The van der Waals surface area contributed by atoms with E-state index in [-0.39, 0.29) is 17.1 Å². The molecule has 1 amide bonds. The van der Waals surface area contributed by atoms with Gasteiger partial charge >= 0.3 is 6.18 Å². The van der Waals surface area contributed by atoms with E-state index < -0.39 is 23.5 Å². The number of aromatic nitrogens is 2. The molecule has 0 spiro atoms. The lowest BCUT2D eigenvalue weighted by molar-refractivity contribution is -0.139. The number of halogens is 4. The second-order valence-corrected chi connectivity index (χ2v) is 4.94. The van der Waals surface area contributed by atoms with Gasteiger partial charge in [0.2, 0.25) is 5.88 Å². The van der Waals surface area contributed by atoms with Gasteiger partial charge in [-0.3, -0.25) is 4.79 Å². The number of amides is 1. The largest absolute Gasteiger partial charge is 0.477 e. The second-order valence-electron chi connectivity index (χ2n) is 4.94. The van der Waals surface area contributed by atoms with Crippen LogP contribution in [-0.4, -0.2) is 22.3 Å². The number of alkyl halides is 3. The molecule has 0 unspecified atom stereocenters. The normalized spacial score (nSPS) is 14.1. The topological polar surface area (TPSA) is 56.2 Å². The van der Waals surface area contributed by atoms with E-state index in [0.29, 0.717) is 25.3 Å². The van der Waals surface area contributed by atoms with Crippen molar-refractivity contribution in [3.05, 3.63) is 41.3 Å². The van der Waals surface area contributed by atoms with E-state index in [1.807, 2.05) is 0 Å². The molecule has 1 aliphatic heterocycles. The Morgan fingerprint density at radius 1 is 1.35 bits per heavy atom. The molecular weight excluding hydrogens is 318 g/mol. The highest BCUT2D eigenvalue weighted by Gasteiger charge is 2.34.